The molecule has 2 aromatic carbocycles. The average Bonchev–Trinajstić information content (AvgIpc) is 3.55. The van der Waals surface area contributed by atoms with E-state index in [4.69, 9.17) is 14.2 Å². The number of nitrogens with one attached hydrogen (secondary N) is 1. The van der Waals surface area contributed by atoms with E-state index < -0.39 is 0 Å². The van der Waals surface area contributed by atoms with Crippen LogP contribution in [0.4, 0.5) is 10.8 Å². The van der Waals surface area contributed by atoms with Crippen LogP contribution in [-0.4, -0.2) is 61.9 Å². The fourth-order valence-corrected chi connectivity index (χ4v) is 5.57. The molecule has 3 aromatic rings. The molecule has 11 heteroatoms. The van der Waals surface area contributed by atoms with Gasteiger partial charge in [-0.25, -0.2) is 0 Å². The van der Waals surface area contributed by atoms with E-state index in [-0.39, 0.29) is 12.7 Å². The summed E-state index contributed by atoms with van der Waals surface area (Å²) < 4.78 is 17.0. The van der Waals surface area contributed by atoms with Gasteiger partial charge in [-0.1, -0.05) is 41.3 Å². The maximum atomic E-state index is 12.3. The van der Waals surface area contributed by atoms with E-state index in [0.717, 1.165) is 58.4 Å². The summed E-state index contributed by atoms with van der Waals surface area (Å²) in [6, 6.07) is 13.8. The van der Waals surface area contributed by atoms with Crippen LogP contribution in [0.2, 0.25) is 0 Å². The number of ether oxygens (including phenoxy) is 3. The first kappa shape index (κ1) is 22.6. The van der Waals surface area contributed by atoms with Gasteiger partial charge in [-0.15, -0.1) is 10.2 Å². The number of hydrogen-bond donors (Lipinski definition) is 1. The van der Waals surface area contributed by atoms with Crippen molar-refractivity contribution in [1.82, 2.24) is 15.5 Å². The van der Waals surface area contributed by atoms with Crippen LogP contribution in [0.15, 0.2) is 46.8 Å². The predicted molar refractivity (Wildman–Crippen MR) is 132 cm³/mol. The number of para-hydroxylation sites is 2. The van der Waals surface area contributed by atoms with Gasteiger partial charge in [-0.2, -0.15) is 0 Å². The number of benzene rings is 2. The fourth-order valence-electron chi connectivity index (χ4n) is 3.85. The lowest BCUT2D eigenvalue weighted by molar-refractivity contribution is -0.118. The number of aromatic nitrogens is 2. The van der Waals surface area contributed by atoms with E-state index in [9.17, 15) is 4.79 Å². The van der Waals surface area contributed by atoms with Gasteiger partial charge >= 0.3 is 0 Å². The summed E-state index contributed by atoms with van der Waals surface area (Å²) in [7, 11) is 1.70. The van der Waals surface area contributed by atoms with Crippen molar-refractivity contribution in [1.29, 1.82) is 0 Å². The Morgan fingerprint density at radius 3 is 2.74 bits per heavy atom. The quantitative estimate of drug-likeness (QED) is 0.470. The number of thioether (sulfide) groups is 1. The highest BCUT2D eigenvalue weighted by Gasteiger charge is 2.22. The number of carbonyl (C=O) groups is 1. The van der Waals surface area contributed by atoms with E-state index in [0.29, 0.717) is 18.0 Å². The molecule has 0 atom stereocenters. The highest BCUT2D eigenvalue weighted by molar-refractivity contribution is 8.01. The van der Waals surface area contributed by atoms with Gasteiger partial charge in [-0.05, 0) is 29.8 Å². The van der Waals surface area contributed by atoms with Crippen LogP contribution in [0.1, 0.15) is 5.56 Å². The van der Waals surface area contributed by atoms with Crippen LogP contribution in [0, 0.1) is 0 Å². The van der Waals surface area contributed by atoms with Gasteiger partial charge in [0.1, 0.15) is 5.75 Å². The van der Waals surface area contributed by atoms with Crippen LogP contribution >= 0.6 is 23.1 Å². The highest BCUT2D eigenvalue weighted by Crippen LogP contribution is 2.33. The van der Waals surface area contributed by atoms with Gasteiger partial charge < -0.3 is 29.3 Å². The first-order valence-corrected chi connectivity index (χ1v) is 12.7. The third-order valence-electron chi connectivity index (χ3n) is 5.63. The summed E-state index contributed by atoms with van der Waals surface area (Å²) in [6.07, 6.45) is 0. The van der Waals surface area contributed by atoms with Crippen molar-refractivity contribution >= 4 is 39.8 Å². The molecule has 1 amide bonds. The molecule has 5 rings (SSSR count). The number of methoxy groups -OCH3 is 1. The Hall–Kier alpha value is -3.18. The van der Waals surface area contributed by atoms with Gasteiger partial charge in [0, 0.05) is 32.7 Å². The Morgan fingerprint density at radius 1 is 1.09 bits per heavy atom. The number of fused-ring (bicyclic) bond motifs is 1. The molecule has 178 valence electrons. The Morgan fingerprint density at radius 2 is 1.88 bits per heavy atom. The number of nitrogens with zero attached hydrogens (tertiary/aromatic N) is 4. The number of rotatable bonds is 8. The molecule has 2 aliphatic heterocycles. The maximum Gasteiger partial charge on any atom is 0.231 e. The van der Waals surface area contributed by atoms with Crippen molar-refractivity contribution in [3.05, 3.63) is 48.0 Å². The van der Waals surface area contributed by atoms with Crippen molar-refractivity contribution in [2.45, 2.75) is 10.9 Å². The smallest absolute Gasteiger partial charge is 0.231 e. The molecule has 0 unspecified atom stereocenters. The normalized spacial score (nSPS) is 14.9. The van der Waals surface area contributed by atoms with Crippen LogP contribution < -0.4 is 29.3 Å². The SMILES string of the molecule is COc1ccccc1N1CCN(c2nnc(SCC(=O)NCc3ccc4c(c3)OCO4)s2)CC1. The zero-order chi connectivity index (χ0) is 23.3. The number of hydrogen-bond acceptors (Lipinski definition) is 10. The summed E-state index contributed by atoms with van der Waals surface area (Å²) in [5.74, 6) is 2.58. The minimum atomic E-state index is -0.0511. The maximum absolute atomic E-state index is 12.3. The van der Waals surface area contributed by atoms with Crippen LogP contribution in [0.3, 0.4) is 0 Å². The largest absolute Gasteiger partial charge is 0.495 e. The second-order valence-corrected chi connectivity index (χ2v) is 9.93. The van der Waals surface area contributed by atoms with Gasteiger partial charge in [0.05, 0.1) is 18.6 Å². The molecule has 34 heavy (non-hydrogen) atoms. The average molecular weight is 500 g/mol. The molecule has 0 bridgehead atoms. The van der Waals surface area contributed by atoms with Crippen molar-refractivity contribution in [2.24, 2.45) is 0 Å². The third-order valence-corrected chi connectivity index (χ3v) is 7.74. The van der Waals surface area contributed by atoms with Crippen LogP contribution in [0.25, 0.3) is 0 Å². The Balaban J connectivity index is 1.08. The lowest BCUT2D eigenvalue weighted by atomic mass is 10.2. The van der Waals surface area contributed by atoms with Gasteiger partial charge in [0.15, 0.2) is 15.8 Å². The van der Waals surface area contributed by atoms with E-state index in [2.05, 4.69) is 31.4 Å². The lowest BCUT2D eigenvalue weighted by Gasteiger charge is -2.36. The number of piperazine rings is 1. The van der Waals surface area contributed by atoms with Crippen LogP contribution in [0.5, 0.6) is 17.2 Å². The van der Waals surface area contributed by atoms with Crippen molar-refractivity contribution < 1.29 is 19.0 Å². The Bertz CT molecular complexity index is 1150. The van der Waals surface area contributed by atoms with Gasteiger partial charge in [0.2, 0.25) is 17.8 Å². The van der Waals surface area contributed by atoms with Gasteiger partial charge in [-0.3, -0.25) is 4.79 Å². The third kappa shape index (κ3) is 5.15. The Labute approximate surface area is 206 Å². The molecule has 1 saturated heterocycles. The molecule has 1 N–H and O–H groups in total. The molecule has 9 nitrogen and oxygen atoms in total. The fraction of sp³-hybridized carbons (Fsp3) is 0.348. The second kappa shape index (κ2) is 10.4. The summed E-state index contributed by atoms with van der Waals surface area (Å²) in [6.45, 7) is 4.15. The number of amides is 1. The van der Waals surface area contributed by atoms with E-state index >= 15 is 0 Å². The zero-order valence-electron chi connectivity index (χ0n) is 18.7. The molecule has 1 fully saturated rings. The van der Waals surface area contributed by atoms with Crippen molar-refractivity contribution in [3.8, 4) is 17.2 Å². The first-order chi connectivity index (χ1) is 16.7. The molecule has 2 aliphatic rings. The highest BCUT2D eigenvalue weighted by atomic mass is 32.2. The summed E-state index contributed by atoms with van der Waals surface area (Å²) in [5.41, 5.74) is 2.08. The summed E-state index contributed by atoms with van der Waals surface area (Å²) in [5, 5.41) is 12.4. The number of anilines is 2. The second-order valence-electron chi connectivity index (χ2n) is 7.75. The lowest BCUT2D eigenvalue weighted by Crippen LogP contribution is -2.46. The van der Waals surface area contributed by atoms with Gasteiger partial charge in [0.25, 0.3) is 0 Å². The molecule has 0 aliphatic carbocycles. The van der Waals surface area contributed by atoms with Crippen molar-refractivity contribution in [2.75, 3.05) is 55.6 Å². The molecule has 0 saturated carbocycles. The van der Waals surface area contributed by atoms with E-state index in [1.807, 2.05) is 36.4 Å². The first-order valence-electron chi connectivity index (χ1n) is 10.9. The molecule has 0 spiro atoms. The molecular weight excluding hydrogens is 474 g/mol. The van der Waals surface area contributed by atoms with E-state index in [1.54, 1.807) is 7.11 Å². The van der Waals surface area contributed by atoms with Crippen molar-refractivity contribution in [3.63, 3.8) is 0 Å². The Kier molecular flexibility index (Phi) is 6.91. The summed E-state index contributed by atoms with van der Waals surface area (Å²) in [4.78, 5) is 16.9. The predicted octanol–water partition coefficient (Wildman–Crippen LogP) is 3.01. The molecule has 3 heterocycles. The monoisotopic (exact) mass is 499 g/mol. The molecule has 0 radical (unpaired) electrons. The zero-order valence-corrected chi connectivity index (χ0v) is 20.4. The summed E-state index contributed by atoms with van der Waals surface area (Å²) >= 11 is 2.93. The minimum Gasteiger partial charge on any atom is -0.495 e. The van der Waals surface area contributed by atoms with Crippen LogP contribution in [-0.2, 0) is 11.3 Å². The topological polar surface area (TPSA) is 89.1 Å². The molecular formula is C23H25N5O4S2. The molecule has 1 aromatic heterocycles. The number of carbonyl (C=O) groups excluding carboxylic acids is 1. The standard InChI is InChI=1S/C23H25N5O4S2/c1-30-18-5-3-2-4-17(18)27-8-10-28(11-9-27)22-25-26-23(34-22)33-14-21(29)24-13-16-6-7-19-20(12-16)32-15-31-19/h2-7,12H,8-11,13-15H2,1H3,(H,24,29). The van der Waals surface area contributed by atoms with E-state index in [1.165, 1.54) is 23.1 Å². The minimum absolute atomic E-state index is 0.0511.